The molecule has 0 saturated carbocycles. The molecule has 2 aromatic rings. The highest BCUT2D eigenvalue weighted by atomic mass is 19.1. The van der Waals surface area contributed by atoms with Gasteiger partial charge in [-0.3, -0.25) is 0 Å². The Morgan fingerprint density at radius 2 is 1.76 bits per heavy atom. The average Bonchev–Trinajstić information content (AvgIpc) is 2.57. The second-order valence-corrected chi connectivity index (χ2v) is 6.45. The highest BCUT2D eigenvalue weighted by Crippen LogP contribution is 2.19. The Kier molecular flexibility index (Phi) is 6.52. The maximum Gasteiger partial charge on any atom is 0.169 e. The van der Waals surface area contributed by atoms with Crippen molar-refractivity contribution in [3.8, 4) is 5.75 Å². The molecular formula is C18H25FN4O2. The lowest BCUT2D eigenvalue weighted by molar-refractivity contribution is 0.00331. The molecule has 0 aliphatic rings. The Morgan fingerprint density at radius 1 is 1.08 bits per heavy atom. The Labute approximate surface area is 147 Å². The van der Waals surface area contributed by atoms with Gasteiger partial charge in [0.05, 0.1) is 19.3 Å². The number of methoxy groups -OCH3 is 1. The fourth-order valence-corrected chi connectivity index (χ4v) is 2.10. The van der Waals surface area contributed by atoms with Crippen molar-refractivity contribution >= 4 is 11.6 Å². The van der Waals surface area contributed by atoms with Crippen LogP contribution in [0.5, 0.6) is 5.75 Å². The van der Waals surface area contributed by atoms with Crippen molar-refractivity contribution in [2.45, 2.75) is 32.9 Å². The largest absolute Gasteiger partial charge is 0.497 e. The molecule has 1 aromatic carbocycles. The number of aromatic nitrogens is 2. The molecule has 0 fully saturated rings. The standard InChI is InChI=1S/C18H25FN4O2/c1-18(2,3)25-10-9-22-16-17(21-8-7-20-16)23-12-13-5-6-14(24-4)11-15(13)19/h5-8,11H,9-10,12H2,1-4H3,(H,20,22)(H,21,23). The van der Waals surface area contributed by atoms with E-state index in [9.17, 15) is 4.39 Å². The monoisotopic (exact) mass is 348 g/mol. The average molecular weight is 348 g/mol. The lowest BCUT2D eigenvalue weighted by Crippen LogP contribution is -2.23. The number of halogens is 1. The minimum absolute atomic E-state index is 0.184. The van der Waals surface area contributed by atoms with Gasteiger partial charge in [-0.25, -0.2) is 14.4 Å². The predicted octanol–water partition coefficient (Wildman–Crippen LogP) is 3.46. The first-order valence-electron chi connectivity index (χ1n) is 8.14. The van der Waals surface area contributed by atoms with Crippen molar-refractivity contribution in [1.82, 2.24) is 9.97 Å². The zero-order chi connectivity index (χ0) is 18.3. The highest BCUT2D eigenvalue weighted by Gasteiger charge is 2.10. The summed E-state index contributed by atoms with van der Waals surface area (Å²) < 4.78 is 24.7. The number of hydrogen-bond acceptors (Lipinski definition) is 6. The summed E-state index contributed by atoms with van der Waals surface area (Å²) in [6.45, 7) is 7.46. The SMILES string of the molecule is COc1ccc(CNc2nccnc2NCCOC(C)(C)C)c(F)c1. The van der Waals surface area contributed by atoms with E-state index in [0.717, 1.165) is 0 Å². The summed E-state index contributed by atoms with van der Waals surface area (Å²) in [7, 11) is 1.51. The fourth-order valence-electron chi connectivity index (χ4n) is 2.10. The molecule has 0 unspecified atom stereocenters. The molecule has 0 bridgehead atoms. The number of rotatable bonds is 8. The zero-order valence-electron chi connectivity index (χ0n) is 15.1. The summed E-state index contributed by atoms with van der Waals surface area (Å²) in [5.74, 6) is 1.33. The Morgan fingerprint density at radius 3 is 2.36 bits per heavy atom. The van der Waals surface area contributed by atoms with Crippen LogP contribution in [0.15, 0.2) is 30.6 Å². The summed E-state index contributed by atoms with van der Waals surface area (Å²) in [6.07, 6.45) is 3.19. The van der Waals surface area contributed by atoms with Gasteiger partial charge in [0, 0.05) is 37.1 Å². The lowest BCUT2D eigenvalue weighted by atomic mass is 10.2. The van der Waals surface area contributed by atoms with E-state index in [0.29, 0.717) is 42.6 Å². The van der Waals surface area contributed by atoms with Crippen LogP contribution in [0, 0.1) is 5.82 Å². The maximum atomic E-state index is 14.0. The van der Waals surface area contributed by atoms with Crippen LogP contribution >= 0.6 is 0 Å². The minimum Gasteiger partial charge on any atom is -0.497 e. The molecule has 7 heteroatoms. The topological polar surface area (TPSA) is 68.3 Å². The zero-order valence-corrected chi connectivity index (χ0v) is 15.1. The number of anilines is 2. The molecule has 25 heavy (non-hydrogen) atoms. The van der Waals surface area contributed by atoms with Crippen LogP contribution < -0.4 is 15.4 Å². The summed E-state index contributed by atoms with van der Waals surface area (Å²) in [6, 6.07) is 4.76. The van der Waals surface area contributed by atoms with E-state index in [-0.39, 0.29) is 11.4 Å². The molecule has 1 heterocycles. The third kappa shape index (κ3) is 6.19. The first-order chi connectivity index (χ1) is 11.9. The molecule has 2 N–H and O–H groups in total. The molecule has 0 saturated heterocycles. The number of ether oxygens (including phenoxy) is 2. The van der Waals surface area contributed by atoms with Crippen molar-refractivity contribution in [3.05, 3.63) is 42.0 Å². The summed E-state index contributed by atoms with van der Waals surface area (Å²) in [5, 5.41) is 6.29. The molecule has 0 atom stereocenters. The molecule has 0 aliphatic carbocycles. The van der Waals surface area contributed by atoms with Gasteiger partial charge < -0.3 is 20.1 Å². The lowest BCUT2D eigenvalue weighted by Gasteiger charge is -2.20. The maximum absolute atomic E-state index is 14.0. The summed E-state index contributed by atoms with van der Waals surface area (Å²) in [5.41, 5.74) is 0.338. The second kappa shape index (κ2) is 8.62. The van der Waals surface area contributed by atoms with Gasteiger partial charge in [-0.2, -0.15) is 0 Å². The van der Waals surface area contributed by atoms with E-state index in [4.69, 9.17) is 9.47 Å². The van der Waals surface area contributed by atoms with E-state index in [1.165, 1.54) is 13.2 Å². The molecule has 6 nitrogen and oxygen atoms in total. The van der Waals surface area contributed by atoms with Crippen molar-refractivity contribution in [1.29, 1.82) is 0 Å². The molecule has 2 rings (SSSR count). The van der Waals surface area contributed by atoms with Crippen LogP contribution in [-0.4, -0.2) is 35.8 Å². The van der Waals surface area contributed by atoms with Crippen LogP contribution in [0.25, 0.3) is 0 Å². The van der Waals surface area contributed by atoms with E-state index in [1.807, 2.05) is 20.8 Å². The van der Waals surface area contributed by atoms with Crippen molar-refractivity contribution in [3.63, 3.8) is 0 Å². The summed E-state index contributed by atoms with van der Waals surface area (Å²) in [4.78, 5) is 8.53. The number of benzene rings is 1. The normalized spacial score (nSPS) is 11.2. The number of nitrogens with zero attached hydrogens (tertiary/aromatic N) is 2. The van der Waals surface area contributed by atoms with Gasteiger partial charge in [-0.05, 0) is 26.8 Å². The quantitative estimate of drug-likeness (QED) is 0.712. The first-order valence-corrected chi connectivity index (χ1v) is 8.14. The van der Waals surface area contributed by atoms with Crippen molar-refractivity contribution < 1.29 is 13.9 Å². The van der Waals surface area contributed by atoms with E-state index in [1.54, 1.807) is 24.5 Å². The van der Waals surface area contributed by atoms with E-state index < -0.39 is 0 Å². The van der Waals surface area contributed by atoms with Gasteiger partial charge in [0.1, 0.15) is 11.6 Å². The Balaban J connectivity index is 1.94. The molecule has 1 aromatic heterocycles. The van der Waals surface area contributed by atoms with Crippen LogP contribution in [0.4, 0.5) is 16.0 Å². The molecule has 0 aliphatic heterocycles. The third-order valence-electron chi connectivity index (χ3n) is 3.33. The van der Waals surface area contributed by atoms with E-state index in [2.05, 4.69) is 20.6 Å². The second-order valence-electron chi connectivity index (χ2n) is 6.45. The summed E-state index contributed by atoms with van der Waals surface area (Å²) >= 11 is 0. The molecular weight excluding hydrogens is 323 g/mol. The Bertz CT molecular complexity index is 689. The first kappa shape index (κ1) is 18.9. The van der Waals surface area contributed by atoms with Crippen LogP contribution in [-0.2, 0) is 11.3 Å². The smallest absolute Gasteiger partial charge is 0.169 e. The van der Waals surface area contributed by atoms with Gasteiger partial charge in [0.15, 0.2) is 11.6 Å². The van der Waals surface area contributed by atoms with Crippen molar-refractivity contribution in [2.24, 2.45) is 0 Å². The highest BCUT2D eigenvalue weighted by molar-refractivity contribution is 5.58. The van der Waals surface area contributed by atoms with Gasteiger partial charge in [-0.15, -0.1) is 0 Å². The van der Waals surface area contributed by atoms with Crippen molar-refractivity contribution in [2.75, 3.05) is 30.9 Å². The van der Waals surface area contributed by atoms with Gasteiger partial charge in [-0.1, -0.05) is 6.07 Å². The van der Waals surface area contributed by atoms with Gasteiger partial charge in [0.2, 0.25) is 0 Å². The van der Waals surface area contributed by atoms with Gasteiger partial charge in [0.25, 0.3) is 0 Å². The van der Waals surface area contributed by atoms with E-state index >= 15 is 0 Å². The molecule has 0 radical (unpaired) electrons. The number of nitrogens with one attached hydrogen (secondary N) is 2. The number of hydrogen-bond donors (Lipinski definition) is 2. The van der Waals surface area contributed by atoms with Gasteiger partial charge >= 0.3 is 0 Å². The third-order valence-corrected chi connectivity index (χ3v) is 3.33. The van der Waals surface area contributed by atoms with Crippen LogP contribution in [0.2, 0.25) is 0 Å². The molecule has 0 amide bonds. The fraction of sp³-hybridized carbons (Fsp3) is 0.444. The van der Waals surface area contributed by atoms with Crippen LogP contribution in [0.3, 0.4) is 0 Å². The minimum atomic E-state index is -0.330. The van der Waals surface area contributed by atoms with Crippen LogP contribution in [0.1, 0.15) is 26.3 Å². The molecule has 136 valence electrons. The predicted molar refractivity (Wildman–Crippen MR) is 96.5 cm³/mol. The Hall–Kier alpha value is -2.41. The molecule has 0 spiro atoms.